The Morgan fingerprint density at radius 1 is 1.17 bits per heavy atom. The fourth-order valence-corrected chi connectivity index (χ4v) is 5.23. The highest BCUT2D eigenvalue weighted by atomic mass is 16.7. The zero-order chi connectivity index (χ0) is 22.0. The molecule has 30 heavy (non-hydrogen) atoms. The van der Waals surface area contributed by atoms with Crippen molar-refractivity contribution in [2.45, 2.75) is 76.0 Å². The van der Waals surface area contributed by atoms with E-state index in [1.807, 2.05) is 13.8 Å². The van der Waals surface area contributed by atoms with Crippen LogP contribution < -0.4 is 0 Å². The van der Waals surface area contributed by atoms with Gasteiger partial charge in [0.15, 0.2) is 17.7 Å². The SMILES string of the molecule is CC1=CC(=O)C2=C(C)CC[C@@H]3[C@H](OC(=O)[C@@]3(C)O[C@@H]3O[C@H](CO)[C@@H](O)[C@H](O)[C@H]3O)[C@@H]12. The quantitative estimate of drug-likeness (QED) is 0.435. The molecule has 2 aliphatic carbocycles. The van der Waals surface area contributed by atoms with Gasteiger partial charge in [0.1, 0.15) is 30.5 Å². The topological polar surface area (TPSA) is 143 Å². The first-order chi connectivity index (χ1) is 14.1. The molecule has 2 heterocycles. The van der Waals surface area contributed by atoms with E-state index in [1.54, 1.807) is 13.0 Å². The summed E-state index contributed by atoms with van der Waals surface area (Å²) in [6.45, 7) is 4.70. The standard InChI is InChI=1S/C21H28O9/c1-8-4-5-10-18(14-9(2)6-11(23)13(8)14)29-20(27)21(10,3)30-19-17(26)16(25)15(24)12(7-22)28-19/h6,10,12,14-19,22,24-26H,4-5,7H2,1-3H3/t10-,12-,14+,15-,16+,17-,18+,19+,21+/m1/s1. The minimum Gasteiger partial charge on any atom is -0.459 e. The lowest BCUT2D eigenvalue weighted by atomic mass is 9.78. The summed E-state index contributed by atoms with van der Waals surface area (Å²) in [7, 11) is 0. The summed E-state index contributed by atoms with van der Waals surface area (Å²) in [5.74, 6) is -1.46. The Bertz CT molecular complexity index is 815. The Balaban J connectivity index is 1.63. The third kappa shape index (κ3) is 3.07. The summed E-state index contributed by atoms with van der Waals surface area (Å²) in [4.78, 5) is 25.4. The Kier molecular flexibility index (Phi) is 5.41. The number of ketones is 1. The summed E-state index contributed by atoms with van der Waals surface area (Å²) < 4.78 is 17.1. The number of aliphatic hydroxyl groups excluding tert-OH is 4. The molecule has 0 aromatic rings. The highest BCUT2D eigenvalue weighted by Gasteiger charge is 2.61. The lowest BCUT2D eigenvalue weighted by molar-refractivity contribution is -0.324. The first-order valence-electron chi connectivity index (χ1n) is 10.2. The fraction of sp³-hybridized carbons (Fsp3) is 0.714. The van der Waals surface area contributed by atoms with E-state index in [0.29, 0.717) is 18.4 Å². The van der Waals surface area contributed by atoms with E-state index in [4.69, 9.17) is 14.2 Å². The van der Waals surface area contributed by atoms with Gasteiger partial charge in [-0.05, 0) is 39.7 Å². The third-order valence-corrected chi connectivity index (χ3v) is 7.01. The van der Waals surface area contributed by atoms with Gasteiger partial charge in [-0.3, -0.25) is 4.79 Å². The number of rotatable bonds is 3. The zero-order valence-corrected chi connectivity index (χ0v) is 17.1. The molecule has 166 valence electrons. The molecule has 9 atom stereocenters. The summed E-state index contributed by atoms with van der Waals surface area (Å²) >= 11 is 0. The first-order valence-corrected chi connectivity index (χ1v) is 10.2. The molecule has 0 spiro atoms. The van der Waals surface area contributed by atoms with Gasteiger partial charge in [-0.2, -0.15) is 0 Å². The van der Waals surface area contributed by atoms with Crippen LogP contribution in [-0.4, -0.2) is 81.2 Å². The van der Waals surface area contributed by atoms with Gasteiger partial charge in [-0.15, -0.1) is 0 Å². The van der Waals surface area contributed by atoms with Crippen molar-refractivity contribution >= 4 is 11.8 Å². The normalized spacial score (nSPS) is 46.3. The molecular formula is C21H28O9. The van der Waals surface area contributed by atoms with E-state index >= 15 is 0 Å². The highest BCUT2D eigenvalue weighted by Crippen LogP contribution is 2.50. The van der Waals surface area contributed by atoms with Gasteiger partial charge in [0, 0.05) is 17.4 Å². The van der Waals surface area contributed by atoms with Crippen molar-refractivity contribution in [2.75, 3.05) is 6.61 Å². The molecule has 0 aromatic heterocycles. The van der Waals surface area contributed by atoms with Crippen LogP contribution in [0, 0.1) is 11.8 Å². The fourth-order valence-electron chi connectivity index (χ4n) is 5.23. The minimum absolute atomic E-state index is 0.0600. The van der Waals surface area contributed by atoms with Crippen molar-refractivity contribution in [1.82, 2.24) is 0 Å². The van der Waals surface area contributed by atoms with Gasteiger partial charge in [-0.1, -0.05) is 11.1 Å². The van der Waals surface area contributed by atoms with Gasteiger partial charge in [0.2, 0.25) is 0 Å². The van der Waals surface area contributed by atoms with Crippen molar-refractivity contribution in [3.05, 3.63) is 22.8 Å². The lowest BCUT2D eigenvalue weighted by Crippen LogP contribution is -2.61. The Morgan fingerprint density at radius 3 is 2.53 bits per heavy atom. The first kappa shape index (κ1) is 21.6. The highest BCUT2D eigenvalue weighted by molar-refractivity contribution is 6.09. The van der Waals surface area contributed by atoms with Crippen LogP contribution in [-0.2, 0) is 23.8 Å². The largest absolute Gasteiger partial charge is 0.459 e. The van der Waals surface area contributed by atoms with Crippen LogP contribution in [0.1, 0.15) is 33.6 Å². The Hall–Kier alpha value is -1.62. The molecule has 4 N–H and O–H groups in total. The monoisotopic (exact) mass is 424 g/mol. The second-order valence-electron chi connectivity index (χ2n) is 8.86. The van der Waals surface area contributed by atoms with Crippen LogP contribution in [0.15, 0.2) is 22.8 Å². The molecule has 0 unspecified atom stereocenters. The second-order valence-corrected chi connectivity index (χ2v) is 8.86. The molecule has 2 aliphatic heterocycles. The maximum Gasteiger partial charge on any atom is 0.339 e. The number of hydrogen-bond acceptors (Lipinski definition) is 9. The molecule has 0 saturated carbocycles. The van der Waals surface area contributed by atoms with Crippen LogP contribution in [0.3, 0.4) is 0 Å². The molecule has 0 amide bonds. The van der Waals surface area contributed by atoms with Crippen molar-refractivity contribution in [3.8, 4) is 0 Å². The van der Waals surface area contributed by atoms with Crippen LogP contribution in [0.4, 0.5) is 0 Å². The van der Waals surface area contributed by atoms with Crippen molar-refractivity contribution < 1.29 is 44.2 Å². The molecule has 4 rings (SSSR count). The number of fused-ring (bicyclic) bond motifs is 3. The van der Waals surface area contributed by atoms with Crippen LogP contribution in [0.25, 0.3) is 0 Å². The number of carbonyl (C=O) groups is 2. The van der Waals surface area contributed by atoms with E-state index in [-0.39, 0.29) is 11.7 Å². The predicted molar refractivity (Wildman–Crippen MR) is 101 cm³/mol. The van der Waals surface area contributed by atoms with E-state index < -0.39 is 60.9 Å². The van der Waals surface area contributed by atoms with Crippen molar-refractivity contribution in [1.29, 1.82) is 0 Å². The predicted octanol–water partition coefficient (Wildman–Crippen LogP) is -0.641. The Morgan fingerprint density at radius 2 is 1.87 bits per heavy atom. The number of aliphatic hydroxyl groups is 4. The Labute approximate surface area is 173 Å². The maximum atomic E-state index is 12.9. The van der Waals surface area contributed by atoms with Gasteiger partial charge < -0.3 is 34.6 Å². The molecule has 4 aliphatic rings. The number of ether oxygens (including phenoxy) is 3. The smallest absolute Gasteiger partial charge is 0.339 e. The number of carbonyl (C=O) groups excluding carboxylic acids is 2. The second kappa shape index (κ2) is 7.51. The van der Waals surface area contributed by atoms with Gasteiger partial charge in [0.25, 0.3) is 0 Å². The molecule has 2 fully saturated rings. The summed E-state index contributed by atoms with van der Waals surface area (Å²) in [6, 6.07) is 0. The number of esters is 1. The van der Waals surface area contributed by atoms with Gasteiger partial charge in [-0.25, -0.2) is 4.79 Å². The lowest BCUT2D eigenvalue weighted by Gasteiger charge is -2.42. The molecule has 9 nitrogen and oxygen atoms in total. The van der Waals surface area contributed by atoms with E-state index in [0.717, 1.165) is 11.1 Å². The van der Waals surface area contributed by atoms with Crippen LogP contribution in [0.2, 0.25) is 0 Å². The average Bonchev–Trinajstić information content (AvgIpc) is 3.05. The molecule has 9 heteroatoms. The van der Waals surface area contributed by atoms with Crippen molar-refractivity contribution in [3.63, 3.8) is 0 Å². The summed E-state index contributed by atoms with van der Waals surface area (Å²) in [5, 5.41) is 39.8. The molecule has 0 aromatic carbocycles. The third-order valence-electron chi connectivity index (χ3n) is 7.01. The van der Waals surface area contributed by atoms with Gasteiger partial charge in [0.05, 0.1) is 6.61 Å². The van der Waals surface area contributed by atoms with E-state index in [9.17, 15) is 30.0 Å². The molecule has 2 saturated heterocycles. The van der Waals surface area contributed by atoms with Gasteiger partial charge >= 0.3 is 5.97 Å². The number of hydrogen-bond donors (Lipinski definition) is 4. The molecule has 0 bridgehead atoms. The average molecular weight is 424 g/mol. The minimum atomic E-state index is -1.62. The zero-order valence-electron chi connectivity index (χ0n) is 17.1. The molecular weight excluding hydrogens is 396 g/mol. The number of allylic oxidation sites excluding steroid dienone is 2. The van der Waals surface area contributed by atoms with Crippen LogP contribution >= 0.6 is 0 Å². The summed E-state index contributed by atoms with van der Waals surface area (Å²) in [5.41, 5.74) is 0.958. The van der Waals surface area contributed by atoms with Crippen LogP contribution in [0.5, 0.6) is 0 Å². The van der Waals surface area contributed by atoms with E-state index in [1.165, 1.54) is 0 Å². The molecule has 0 radical (unpaired) electrons. The van der Waals surface area contributed by atoms with Crippen molar-refractivity contribution in [2.24, 2.45) is 11.8 Å². The van der Waals surface area contributed by atoms with E-state index in [2.05, 4.69) is 0 Å². The summed E-state index contributed by atoms with van der Waals surface area (Å²) in [6.07, 6.45) is -5.26. The maximum absolute atomic E-state index is 12.9.